The third kappa shape index (κ3) is 5.41. The van der Waals surface area contributed by atoms with Crippen molar-refractivity contribution >= 4 is 17.7 Å². The largest absolute Gasteiger partial charge is 0.380 e. The van der Waals surface area contributed by atoms with E-state index < -0.39 is 0 Å². The van der Waals surface area contributed by atoms with E-state index in [1.54, 1.807) is 19.5 Å². The maximum absolute atomic E-state index is 12.6. The van der Waals surface area contributed by atoms with E-state index in [1.807, 2.05) is 18.7 Å². The lowest BCUT2D eigenvalue weighted by Crippen LogP contribution is -2.52. The van der Waals surface area contributed by atoms with E-state index in [0.29, 0.717) is 12.6 Å². The first kappa shape index (κ1) is 19.6. The highest BCUT2D eigenvalue weighted by Crippen LogP contribution is 2.28. The molecule has 1 aromatic rings. The molecule has 2 aliphatic rings. The van der Waals surface area contributed by atoms with Gasteiger partial charge in [0.1, 0.15) is 0 Å². The van der Waals surface area contributed by atoms with E-state index in [9.17, 15) is 4.79 Å². The molecule has 1 aliphatic heterocycles. The summed E-state index contributed by atoms with van der Waals surface area (Å²) in [6.07, 6.45) is 8.72. The number of hydrogen-bond donors (Lipinski definition) is 2. The minimum absolute atomic E-state index is 0.0373. The average Bonchev–Trinajstić information content (AvgIpc) is 2.68. The minimum Gasteiger partial charge on any atom is -0.380 e. The van der Waals surface area contributed by atoms with Crippen LogP contribution in [0.2, 0.25) is 0 Å². The minimum atomic E-state index is 0.0373. The fourth-order valence-corrected chi connectivity index (χ4v) is 4.94. The molecule has 1 aromatic heterocycles. The number of carbonyl (C=O) groups excluding carboxylic acids is 1. The lowest BCUT2D eigenvalue weighted by Gasteiger charge is -2.38. The van der Waals surface area contributed by atoms with Crippen LogP contribution in [0.25, 0.3) is 0 Å². The Morgan fingerprint density at radius 3 is 2.73 bits per heavy atom. The molecule has 3 atom stereocenters. The van der Waals surface area contributed by atoms with Crippen LogP contribution in [0.5, 0.6) is 0 Å². The van der Waals surface area contributed by atoms with Gasteiger partial charge in [0.15, 0.2) is 0 Å². The van der Waals surface area contributed by atoms with Gasteiger partial charge in [-0.15, -0.1) is 0 Å². The standard InChI is InChI=1S/C19H30N4O2S/c1-13-10-21-16(11-20-13)12-22-19(24)14-3-4-18(25-2)17(9-14)23-15-5-7-26-8-6-15/h10-11,14-15,17-18,23H,3-9,12H2,1-2H3,(H,22,24)/t14-,17+,18+/m0/s1. The Morgan fingerprint density at radius 2 is 2.04 bits per heavy atom. The summed E-state index contributed by atoms with van der Waals surface area (Å²) in [5, 5.41) is 6.81. The summed E-state index contributed by atoms with van der Waals surface area (Å²) >= 11 is 2.03. The Morgan fingerprint density at radius 1 is 1.23 bits per heavy atom. The smallest absolute Gasteiger partial charge is 0.223 e. The van der Waals surface area contributed by atoms with Crippen molar-refractivity contribution in [2.45, 2.75) is 63.8 Å². The molecule has 1 saturated carbocycles. The fourth-order valence-electron chi connectivity index (χ4n) is 3.84. The van der Waals surface area contributed by atoms with E-state index >= 15 is 0 Å². The third-order valence-corrected chi connectivity index (χ3v) is 6.46. The SMILES string of the molecule is CO[C@@H]1CC[C@H](C(=O)NCc2cnc(C)cn2)C[C@H]1NC1CCSCC1. The van der Waals surface area contributed by atoms with Crippen LogP contribution in [-0.4, -0.2) is 52.7 Å². The predicted molar refractivity (Wildman–Crippen MR) is 104 cm³/mol. The summed E-state index contributed by atoms with van der Waals surface area (Å²) in [6, 6.07) is 0.820. The highest BCUT2D eigenvalue weighted by atomic mass is 32.2. The van der Waals surface area contributed by atoms with Crippen LogP contribution < -0.4 is 10.6 Å². The van der Waals surface area contributed by atoms with Crippen molar-refractivity contribution in [1.29, 1.82) is 0 Å². The molecule has 7 heteroatoms. The maximum Gasteiger partial charge on any atom is 0.223 e. The van der Waals surface area contributed by atoms with E-state index in [0.717, 1.165) is 30.7 Å². The second-order valence-electron chi connectivity index (χ2n) is 7.31. The van der Waals surface area contributed by atoms with Crippen molar-refractivity contribution < 1.29 is 9.53 Å². The molecule has 3 rings (SSSR count). The molecule has 2 heterocycles. The first-order valence-electron chi connectivity index (χ1n) is 9.57. The van der Waals surface area contributed by atoms with Crippen molar-refractivity contribution in [3.05, 3.63) is 23.8 Å². The van der Waals surface area contributed by atoms with Gasteiger partial charge < -0.3 is 15.4 Å². The molecule has 0 unspecified atom stereocenters. The van der Waals surface area contributed by atoms with Crippen LogP contribution in [0, 0.1) is 12.8 Å². The quantitative estimate of drug-likeness (QED) is 0.789. The maximum atomic E-state index is 12.6. The van der Waals surface area contributed by atoms with Crippen LogP contribution in [0.4, 0.5) is 0 Å². The molecule has 0 radical (unpaired) electrons. The normalized spacial score (nSPS) is 27.2. The number of aromatic nitrogens is 2. The summed E-state index contributed by atoms with van der Waals surface area (Å²) in [5.41, 5.74) is 1.68. The van der Waals surface area contributed by atoms with Crippen LogP contribution in [0.15, 0.2) is 12.4 Å². The number of aryl methyl sites for hydroxylation is 1. The number of carbonyl (C=O) groups is 1. The molecule has 0 aromatic carbocycles. The Labute approximate surface area is 160 Å². The summed E-state index contributed by atoms with van der Waals surface area (Å²) in [7, 11) is 1.78. The molecule has 1 saturated heterocycles. The van der Waals surface area contributed by atoms with Crippen LogP contribution in [0.1, 0.15) is 43.5 Å². The van der Waals surface area contributed by atoms with Gasteiger partial charge in [-0.2, -0.15) is 11.8 Å². The second-order valence-corrected chi connectivity index (χ2v) is 8.54. The van der Waals surface area contributed by atoms with E-state index in [4.69, 9.17) is 4.74 Å². The van der Waals surface area contributed by atoms with Crippen LogP contribution in [0.3, 0.4) is 0 Å². The number of hydrogen-bond acceptors (Lipinski definition) is 6. The number of rotatable bonds is 6. The Balaban J connectivity index is 1.52. The van der Waals surface area contributed by atoms with Crippen molar-refractivity contribution in [3.63, 3.8) is 0 Å². The third-order valence-electron chi connectivity index (χ3n) is 5.41. The fraction of sp³-hybridized carbons (Fsp3) is 0.737. The van der Waals surface area contributed by atoms with Gasteiger partial charge in [0, 0.05) is 31.3 Å². The summed E-state index contributed by atoms with van der Waals surface area (Å²) in [4.78, 5) is 21.2. The topological polar surface area (TPSA) is 76.1 Å². The van der Waals surface area contributed by atoms with Crippen molar-refractivity contribution in [2.24, 2.45) is 5.92 Å². The molecule has 6 nitrogen and oxygen atoms in total. The summed E-state index contributed by atoms with van der Waals surface area (Å²) < 4.78 is 5.70. The first-order valence-corrected chi connectivity index (χ1v) is 10.7. The van der Waals surface area contributed by atoms with Gasteiger partial charge >= 0.3 is 0 Å². The van der Waals surface area contributed by atoms with Gasteiger partial charge in [0.25, 0.3) is 0 Å². The number of thioether (sulfide) groups is 1. The lowest BCUT2D eigenvalue weighted by atomic mass is 9.82. The summed E-state index contributed by atoms with van der Waals surface area (Å²) in [5.74, 6) is 2.61. The Hall–Kier alpha value is -1.18. The van der Waals surface area contributed by atoms with E-state index in [2.05, 4.69) is 20.6 Å². The molecular formula is C19H30N4O2S. The zero-order chi connectivity index (χ0) is 18.4. The number of nitrogens with zero attached hydrogens (tertiary/aromatic N) is 2. The van der Waals surface area contributed by atoms with Gasteiger partial charge in [-0.3, -0.25) is 14.8 Å². The molecule has 1 aliphatic carbocycles. The van der Waals surface area contributed by atoms with Crippen LogP contribution >= 0.6 is 11.8 Å². The molecule has 0 bridgehead atoms. The van der Waals surface area contributed by atoms with Crippen molar-refractivity contribution in [1.82, 2.24) is 20.6 Å². The molecule has 144 valence electrons. The summed E-state index contributed by atoms with van der Waals surface area (Å²) in [6.45, 7) is 2.34. The molecule has 26 heavy (non-hydrogen) atoms. The Bertz CT molecular complexity index is 577. The number of nitrogens with one attached hydrogen (secondary N) is 2. The zero-order valence-electron chi connectivity index (χ0n) is 15.7. The Kier molecular flexibility index (Phi) is 7.28. The van der Waals surface area contributed by atoms with Gasteiger partial charge in [-0.25, -0.2) is 0 Å². The highest BCUT2D eigenvalue weighted by Gasteiger charge is 2.35. The van der Waals surface area contributed by atoms with Crippen molar-refractivity contribution in [2.75, 3.05) is 18.6 Å². The monoisotopic (exact) mass is 378 g/mol. The van der Waals surface area contributed by atoms with E-state index in [1.165, 1.54) is 24.3 Å². The lowest BCUT2D eigenvalue weighted by molar-refractivity contribution is -0.127. The molecular weight excluding hydrogens is 348 g/mol. The molecule has 1 amide bonds. The average molecular weight is 379 g/mol. The molecule has 2 N–H and O–H groups in total. The van der Waals surface area contributed by atoms with E-state index in [-0.39, 0.29) is 24.0 Å². The number of ether oxygens (including phenoxy) is 1. The number of amides is 1. The van der Waals surface area contributed by atoms with Gasteiger partial charge in [0.05, 0.1) is 30.2 Å². The zero-order valence-corrected chi connectivity index (χ0v) is 16.6. The van der Waals surface area contributed by atoms with Gasteiger partial charge in [-0.1, -0.05) is 0 Å². The van der Waals surface area contributed by atoms with Gasteiger partial charge in [-0.05, 0) is 50.5 Å². The second kappa shape index (κ2) is 9.67. The molecule has 2 fully saturated rings. The predicted octanol–water partition coefficient (Wildman–Crippen LogP) is 2.07. The first-order chi connectivity index (χ1) is 12.7. The highest BCUT2D eigenvalue weighted by molar-refractivity contribution is 7.99. The van der Waals surface area contributed by atoms with Crippen molar-refractivity contribution in [3.8, 4) is 0 Å². The van der Waals surface area contributed by atoms with Crippen LogP contribution in [-0.2, 0) is 16.1 Å². The number of methoxy groups -OCH3 is 1. The van der Waals surface area contributed by atoms with Gasteiger partial charge in [0.2, 0.25) is 5.91 Å². The molecule has 0 spiro atoms.